The van der Waals surface area contributed by atoms with Crippen LogP contribution in [0, 0.1) is 5.92 Å². The number of hydrogen-bond acceptors (Lipinski definition) is 3. The van der Waals surface area contributed by atoms with E-state index in [0.717, 1.165) is 55.8 Å². The molecule has 2 aromatic rings. The Kier molecular flexibility index (Phi) is 7.82. The van der Waals surface area contributed by atoms with Crippen LogP contribution in [0.1, 0.15) is 43.4 Å². The SMILES string of the molecule is CC[C@@H](NC(=O)C1CCN(Cc2ccc(Cl)c(Cl)c2)CC1)c1ccc(OC)cc1. The number of rotatable bonds is 7. The monoisotopic (exact) mass is 434 g/mol. The zero-order chi connectivity index (χ0) is 20.8. The molecule has 0 saturated carbocycles. The fraction of sp³-hybridized carbons (Fsp3) is 0.435. The minimum atomic E-state index is 0.0302. The van der Waals surface area contributed by atoms with Crippen molar-refractivity contribution in [3.8, 4) is 5.75 Å². The van der Waals surface area contributed by atoms with Crippen LogP contribution < -0.4 is 10.1 Å². The standard InChI is InChI=1S/C23H28Cl2N2O2/c1-3-22(17-5-7-19(29-2)8-6-17)26-23(28)18-10-12-27(13-11-18)15-16-4-9-20(24)21(25)14-16/h4-9,14,18,22H,3,10-13,15H2,1-2H3,(H,26,28)/t22-/m1/s1. The van der Waals surface area contributed by atoms with Gasteiger partial charge in [0.05, 0.1) is 23.2 Å². The summed E-state index contributed by atoms with van der Waals surface area (Å²) in [6.07, 6.45) is 2.59. The summed E-state index contributed by atoms with van der Waals surface area (Å²) in [5.41, 5.74) is 2.26. The number of nitrogens with one attached hydrogen (secondary N) is 1. The minimum Gasteiger partial charge on any atom is -0.497 e. The zero-order valence-electron chi connectivity index (χ0n) is 17.0. The van der Waals surface area contributed by atoms with Gasteiger partial charge in [0.2, 0.25) is 5.91 Å². The number of halogens is 2. The molecule has 0 aliphatic carbocycles. The Morgan fingerprint density at radius 2 is 1.83 bits per heavy atom. The largest absolute Gasteiger partial charge is 0.497 e. The Labute approximate surface area is 183 Å². The number of carbonyl (C=O) groups is 1. The average Bonchev–Trinajstić information content (AvgIpc) is 2.75. The van der Waals surface area contributed by atoms with Crippen molar-refractivity contribution < 1.29 is 9.53 Å². The van der Waals surface area contributed by atoms with Crippen molar-refractivity contribution >= 4 is 29.1 Å². The predicted octanol–water partition coefficient (Wildman–Crippen LogP) is 5.48. The van der Waals surface area contributed by atoms with E-state index in [2.05, 4.69) is 17.1 Å². The van der Waals surface area contributed by atoms with E-state index < -0.39 is 0 Å². The molecule has 0 radical (unpaired) electrons. The van der Waals surface area contributed by atoms with Gasteiger partial charge in [0.25, 0.3) is 0 Å². The molecule has 3 rings (SSSR count). The van der Waals surface area contributed by atoms with E-state index in [-0.39, 0.29) is 17.9 Å². The number of amides is 1. The molecule has 1 aliphatic rings. The highest BCUT2D eigenvalue weighted by Gasteiger charge is 2.26. The van der Waals surface area contributed by atoms with Crippen molar-refractivity contribution in [2.75, 3.05) is 20.2 Å². The number of piperidine rings is 1. The van der Waals surface area contributed by atoms with Gasteiger partial charge in [-0.05, 0) is 67.7 Å². The maximum atomic E-state index is 12.8. The second-order valence-corrected chi connectivity index (χ2v) is 8.36. The van der Waals surface area contributed by atoms with Crippen LogP contribution in [0.5, 0.6) is 5.75 Å². The highest BCUT2D eigenvalue weighted by molar-refractivity contribution is 6.42. The van der Waals surface area contributed by atoms with E-state index in [9.17, 15) is 4.79 Å². The molecule has 1 aliphatic heterocycles. The smallest absolute Gasteiger partial charge is 0.223 e. The molecule has 1 amide bonds. The van der Waals surface area contributed by atoms with Gasteiger partial charge in [0.15, 0.2) is 0 Å². The lowest BCUT2D eigenvalue weighted by Crippen LogP contribution is -2.41. The summed E-state index contributed by atoms with van der Waals surface area (Å²) < 4.78 is 5.22. The van der Waals surface area contributed by atoms with Crippen LogP contribution in [0.15, 0.2) is 42.5 Å². The summed E-state index contributed by atoms with van der Waals surface area (Å²) >= 11 is 12.1. The van der Waals surface area contributed by atoms with E-state index in [1.165, 1.54) is 0 Å². The molecule has 0 bridgehead atoms. The minimum absolute atomic E-state index is 0.0302. The van der Waals surface area contributed by atoms with Gasteiger partial charge < -0.3 is 10.1 Å². The maximum Gasteiger partial charge on any atom is 0.223 e. The first-order chi connectivity index (χ1) is 14.0. The van der Waals surface area contributed by atoms with Crippen molar-refractivity contribution in [1.29, 1.82) is 0 Å². The summed E-state index contributed by atoms with van der Waals surface area (Å²) in [6, 6.07) is 13.7. The molecule has 1 heterocycles. The van der Waals surface area contributed by atoms with E-state index in [1.54, 1.807) is 7.11 Å². The number of methoxy groups -OCH3 is 1. The van der Waals surface area contributed by atoms with Crippen LogP contribution in [-0.4, -0.2) is 31.0 Å². The van der Waals surface area contributed by atoms with Crippen LogP contribution in [0.25, 0.3) is 0 Å². The van der Waals surface area contributed by atoms with Crippen LogP contribution in [0.3, 0.4) is 0 Å². The Balaban J connectivity index is 1.51. The van der Waals surface area contributed by atoms with E-state index in [0.29, 0.717) is 10.0 Å². The number of carbonyl (C=O) groups excluding carboxylic acids is 1. The van der Waals surface area contributed by atoms with Crippen molar-refractivity contribution in [2.24, 2.45) is 5.92 Å². The molecule has 6 heteroatoms. The first-order valence-electron chi connectivity index (χ1n) is 10.1. The number of benzene rings is 2. The van der Waals surface area contributed by atoms with Crippen molar-refractivity contribution in [3.05, 3.63) is 63.6 Å². The summed E-state index contributed by atoms with van der Waals surface area (Å²) in [5, 5.41) is 4.40. The number of likely N-dealkylation sites (tertiary alicyclic amines) is 1. The molecule has 1 saturated heterocycles. The van der Waals surface area contributed by atoms with Crippen LogP contribution in [-0.2, 0) is 11.3 Å². The molecule has 4 nitrogen and oxygen atoms in total. The molecular weight excluding hydrogens is 407 g/mol. The Morgan fingerprint density at radius 1 is 1.14 bits per heavy atom. The van der Waals surface area contributed by atoms with Gasteiger partial charge in [-0.25, -0.2) is 0 Å². The van der Waals surface area contributed by atoms with Gasteiger partial charge in [-0.3, -0.25) is 9.69 Å². The van der Waals surface area contributed by atoms with Gasteiger partial charge in [0, 0.05) is 12.5 Å². The molecule has 0 spiro atoms. The van der Waals surface area contributed by atoms with Crippen molar-refractivity contribution in [2.45, 2.75) is 38.8 Å². The Morgan fingerprint density at radius 3 is 2.41 bits per heavy atom. The third-order valence-corrected chi connectivity index (χ3v) is 6.33. The van der Waals surface area contributed by atoms with Gasteiger partial charge in [0.1, 0.15) is 5.75 Å². The molecule has 1 atom stereocenters. The van der Waals surface area contributed by atoms with Crippen LogP contribution >= 0.6 is 23.2 Å². The number of ether oxygens (including phenoxy) is 1. The number of hydrogen-bond donors (Lipinski definition) is 1. The summed E-state index contributed by atoms with van der Waals surface area (Å²) in [5.74, 6) is 1.04. The van der Waals surface area contributed by atoms with Gasteiger partial charge in [-0.2, -0.15) is 0 Å². The predicted molar refractivity (Wildman–Crippen MR) is 119 cm³/mol. The van der Waals surface area contributed by atoms with E-state index >= 15 is 0 Å². The third kappa shape index (κ3) is 5.88. The van der Waals surface area contributed by atoms with Gasteiger partial charge in [-0.1, -0.05) is 48.3 Å². The second-order valence-electron chi connectivity index (χ2n) is 7.54. The van der Waals surface area contributed by atoms with E-state index in [4.69, 9.17) is 27.9 Å². The Hall–Kier alpha value is -1.75. The molecule has 0 aromatic heterocycles. The molecule has 2 aromatic carbocycles. The fourth-order valence-electron chi connectivity index (χ4n) is 3.80. The van der Waals surface area contributed by atoms with Crippen molar-refractivity contribution in [3.63, 3.8) is 0 Å². The fourth-order valence-corrected chi connectivity index (χ4v) is 4.12. The lowest BCUT2D eigenvalue weighted by molar-refractivity contribution is -0.127. The second kappa shape index (κ2) is 10.3. The summed E-state index contributed by atoms with van der Waals surface area (Å²) in [7, 11) is 1.65. The molecular formula is C23H28Cl2N2O2. The van der Waals surface area contributed by atoms with E-state index in [1.807, 2.05) is 42.5 Å². The van der Waals surface area contributed by atoms with Gasteiger partial charge >= 0.3 is 0 Å². The molecule has 1 N–H and O–H groups in total. The third-order valence-electron chi connectivity index (χ3n) is 5.59. The van der Waals surface area contributed by atoms with Gasteiger partial charge in [-0.15, -0.1) is 0 Å². The molecule has 29 heavy (non-hydrogen) atoms. The van der Waals surface area contributed by atoms with Crippen LogP contribution in [0.4, 0.5) is 0 Å². The summed E-state index contributed by atoms with van der Waals surface area (Å²) in [4.78, 5) is 15.2. The summed E-state index contributed by atoms with van der Waals surface area (Å²) in [6.45, 7) is 4.72. The lowest BCUT2D eigenvalue weighted by Gasteiger charge is -2.32. The average molecular weight is 435 g/mol. The zero-order valence-corrected chi connectivity index (χ0v) is 18.5. The first kappa shape index (κ1) is 21.9. The Bertz CT molecular complexity index is 818. The quantitative estimate of drug-likeness (QED) is 0.626. The number of nitrogens with zero attached hydrogens (tertiary/aromatic N) is 1. The molecule has 0 unspecified atom stereocenters. The van der Waals surface area contributed by atoms with Crippen molar-refractivity contribution in [1.82, 2.24) is 10.2 Å². The lowest BCUT2D eigenvalue weighted by atomic mass is 9.94. The topological polar surface area (TPSA) is 41.6 Å². The molecule has 156 valence electrons. The molecule has 1 fully saturated rings. The highest BCUT2D eigenvalue weighted by atomic mass is 35.5. The first-order valence-corrected chi connectivity index (χ1v) is 10.9. The highest BCUT2D eigenvalue weighted by Crippen LogP contribution is 2.26. The maximum absolute atomic E-state index is 12.8. The normalized spacial score (nSPS) is 16.4. The van der Waals surface area contributed by atoms with Crippen LogP contribution in [0.2, 0.25) is 10.0 Å².